The van der Waals surface area contributed by atoms with Crippen molar-refractivity contribution < 1.29 is 4.52 Å². The van der Waals surface area contributed by atoms with E-state index in [1.807, 2.05) is 36.0 Å². The monoisotopic (exact) mass is 477 g/mol. The van der Waals surface area contributed by atoms with Crippen LogP contribution in [0.5, 0.6) is 0 Å². The highest BCUT2D eigenvalue weighted by molar-refractivity contribution is 9.10. The van der Waals surface area contributed by atoms with Gasteiger partial charge in [0.05, 0.1) is 22.2 Å². The molecule has 4 rings (SSSR count). The average Bonchev–Trinajstić information content (AvgIpc) is 3.22. The van der Waals surface area contributed by atoms with Gasteiger partial charge in [-0.15, -0.1) is 0 Å². The molecule has 0 unspecified atom stereocenters. The number of nitrogens with one attached hydrogen (secondary N) is 1. The van der Waals surface area contributed by atoms with Crippen molar-refractivity contribution in [2.75, 3.05) is 0 Å². The van der Waals surface area contributed by atoms with Gasteiger partial charge >= 0.3 is 0 Å². The summed E-state index contributed by atoms with van der Waals surface area (Å²) in [6.45, 7) is 2.79. The molecule has 26 heavy (non-hydrogen) atoms. The van der Waals surface area contributed by atoms with Crippen LogP contribution in [0.25, 0.3) is 22.3 Å². The third-order valence-corrected chi connectivity index (χ3v) is 5.10. The van der Waals surface area contributed by atoms with Crippen LogP contribution < -0.4 is 5.56 Å². The summed E-state index contributed by atoms with van der Waals surface area (Å²) in [4.78, 5) is 19.6. The van der Waals surface area contributed by atoms with Crippen LogP contribution in [-0.4, -0.2) is 24.9 Å². The number of nitrogens with zero attached hydrogens (tertiary/aromatic N) is 4. The van der Waals surface area contributed by atoms with Crippen molar-refractivity contribution in [3.63, 3.8) is 0 Å². The Hall–Kier alpha value is -2.26. The Labute approximate surface area is 164 Å². The van der Waals surface area contributed by atoms with Gasteiger partial charge < -0.3 is 9.51 Å². The molecule has 0 aliphatic carbocycles. The molecule has 132 valence electrons. The zero-order chi connectivity index (χ0) is 18.3. The fraction of sp³-hybridized carbons (Fsp3) is 0.176. The normalized spacial score (nSPS) is 11.3. The molecule has 1 aromatic carbocycles. The quantitative estimate of drug-likeness (QED) is 0.480. The van der Waals surface area contributed by atoms with Gasteiger partial charge in [-0.25, -0.2) is 0 Å². The van der Waals surface area contributed by atoms with Gasteiger partial charge in [0.1, 0.15) is 0 Å². The lowest BCUT2D eigenvalue weighted by molar-refractivity contribution is 0.384. The average molecular weight is 479 g/mol. The van der Waals surface area contributed by atoms with Gasteiger partial charge in [-0.2, -0.15) is 10.1 Å². The minimum Gasteiger partial charge on any atom is -0.339 e. The van der Waals surface area contributed by atoms with Crippen molar-refractivity contribution in [1.29, 1.82) is 0 Å². The Kier molecular flexibility index (Phi) is 4.49. The fourth-order valence-electron chi connectivity index (χ4n) is 2.64. The number of benzene rings is 1. The van der Waals surface area contributed by atoms with E-state index in [2.05, 4.69) is 52.1 Å². The largest absolute Gasteiger partial charge is 0.339 e. The standard InChI is InChI=1S/C17H13Br2N5O2/c1-2-24-8-12(19)14(22-24)7-15-21-16(23-26-15)11-6-9-5-10(18)3-4-13(9)20-17(11)25/h3-6,8H,2,7H2,1H3,(H,20,25). The summed E-state index contributed by atoms with van der Waals surface area (Å²) in [6.07, 6.45) is 2.29. The van der Waals surface area contributed by atoms with Crippen LogP contribution in [0.1, 0.15) is 18.5 Å². The maximum absolute atomic E-state index is 12.4. The van der Waals surface area contributed by atoms with Crippen LogP contribution in [0.3, 0.4) is 0 Å². The summed E-state index contributed by atoms with van der Waals surface area (Å²) in [5.74, 6) is 0.657. The number of aromatic nitrogens is 5. The van der Waals surface area contributed by atoms with Gasteiger partial charge in [0.25, 0.3) is 5.56 Å². The Bertz CT molecular complexity index is 1160. The lowest BCUT2D eigenvalue weighted by atomic mass is 10.1. The van der Waals surface area contributed by atoms with Crippen molar-refractivity contribution in [1.82, 2.24) is 24.9 Å². The lowest BCUT2D eigenvalue weighted by Crippen LogP contribution is -2.09. The van der Waals surface area contributed by atoms with Gasteiger partial charge in [-0.05, 0) is 47.1 Å². The molecule has 0 bridgehead atoms. The van der Waals surface area contributed by atoms with Crippen LogP contribution in [-0.2, 0) is 13.0 Å². The summed E-state index contributed by atoms with van der Waals surface area (Å²) < 4.78 is 8.95. The molecule has 0 aliphatic rings. The third-order valence-electron chi connectivity index (χ3n) is 3.95. The van der Waals surface area contributed by atoms with Crippen LogP contribution >= 0.6 is 31.9 Å². The van der Waals surface area contributed by atoms with E-state index in [4.69, 9.17) is 4.52 Å². The van der Waals surface area contributed by atoms with Gasteiger partial charge in [-0.3, -0.25) is 9.48 Å². The second kappa shape index (κ2) is 6.81. The number of aryl methyl sites for hydroxylation is 1. The zero-order valence-electron chi connectivity index (χ0n) is 13.7. The molecule has 0 spiro atoms. The number of pyridine rings is 1. The molecule has 0 atom stereocenters. The van der Waals surface area contributed by atoms with Crippen molar-refractivity contribution in [2.24, 2.45) is 0 Å². The molecule has 0 saturated heterocycles. The number of hydrogen-bond acceptors (Lipinski definition) is 5. The Morgan fingerprint density at radius 3 is 2.88 bits per heavy atom. The molecule has 0 radical (unpaired) electrons. The van der Waals surface area contributed by atoms with Crippen LogP contribution in [0, 0.1) is 0 Å². The third kappa shape index (κ3) is 3.24. The summed E-state index contributed by atoms with van der Waals surface area (Å²) in [5.41, 5.74) is 1.66. The molecule has 7 nitrogen and oxygen atoms in total. The molecule has 3 aromatic heterocycles. The maximum atomic E-state index is 12.4. The van der Waals surface area contributed by atoms with E-state index >= 15 is 0 Å². The predicted molar refractivity (Wildman–Crippen MR) is 104 cm³/mol. The van der Waals surface area contributed by atoms with Gasteiger partial charge in [0.15, 0.2) is 0 Å². The van der Waals surface area contributed by atoms with Crippen molar-refractivity contribution in [2.45, 2.75) is 19.9 Å². The molecule has 0 fully saturated rings. The Morgan fingerprint density at radius 2 is 2.12 bits per heavy atom. The molecule has 0 amide bonds. The maximum Gasteiger partial charge on any atom is 0.259 e. The zero-order valence-corrected chi connectivity index (χ0v) is 16.8. The summed E-state index contributed by atoms with van der Waals surface area (Å²) in [5, 5.41) is 9.28. The first-order valence-corrected chi connectivity index (χ1v) is 9.49. The van der Waals surface area contributed by atoms with E-state index in [0.29, 0.717) is 17.9 Å². The first-order valence-electron chi connectivity index (χ1n) is 7.91. The highest BCUT2D eigenvalue weighted by Crippen LogP contribution is 2.22. The summed E-state index contributed by atoms with van der Waals surface area (Å²) >= 11 is 6.91. The van der Waals surface area contributed by atoms with Crippen molar-refractivity contribution in [3.05, 3.63) is 61.3 Å². The van der Waals surface area contributed by atoms with Gasteiger partial charge in [0.2, 0.25) is 11.7 Å². The smallest absolute Gasteiger partial charge is 0.259 e. The minimum atomic E-state index is -0.261. The molecule has 0 saturated carbocycles. The summed E-state index contributed by atoms with van der Waals surface area (Å²) in [6, 6.07) is 7.39. The number of hydrogen-bond donors (Lipinski definition) is 1. The van der Waals surface area contributed by atoms with E-state index in [1.54, 1.807) is 6.07 Å². The van der Waals surface area contributed by atoms with Crippen molar-refractivity contribution >= 4 is 42.8 Å². The number of aromatic amines is 1. The highest BCUT2D eigenvalue weighted by atomic mass is 79.9. The first-order chi connectivity index (χ1) is 12.5. The lowest BCUT2D eigenvalue weighted by Gasteiger charge is -2.00. The number of H-pyrrole nitrogens is 1. The van der Waals surface area contributed by atoms with E-state index in [1.165, 1.54) is 0 Å². The van der Waals surface area contributed by atoms with Crippen LogP contribution in [0.15, 0.2) is 48.7 Å². The van der Waals surface area contributed by atoms with Gasteiger partial charge in [-0.1, -0.05) is 21.1 Å². The Balaban J connectivity index is 1.69. The topological polar surface area (TPSA) is 89.6 Å². The number of halogens is 2. The predicted octanol–water partition coefficient (Wildman–Crippen LogP) is 3.91. The number of fused-ring (bicyclic) bond motifs is 1. The minimum absolute atomic E-state index is 0.258. The molecule has 9 heteroatoms. The van der Waals surface area contributed by atoms with E-state index in [-0.39, 0.29) is 11.4 Å². The second-order valence-corrected chi connectivity index (χ2v) is 7.48. The molecular formula is C17H13Br2N5O2. The molecule has 4 aromatic rings. The molecular weight excluding hydrogens is 466 g/mol. The Morgan fingerprint density at radius 1 is 1.27 bits per heavy atom. The molecule has 3 heterocycles. The SMILES string of the molecule is CCn1cc(Br)c(Cc2nc(-c3cc4cc(Br)ccc4[nH]c3=O)no2)n1. The first kappa shape index (κ1) is 17.2. The highest BCUT2D eigenvalue weighted by Gasteiger charge is 2.16. The van der Waals surface area contributed by atoms with E-state index in [9.17, 15) is 4.79 Å². The second-order valence-electron chi connectivity index (χ2n) is 5.71. The van der Waals surface area contributed by atoms with E-state index < -0.39 is 0 Å². The van der Waals surface area contributed by atoms with Crippen LogP contribution in [0.2, 0.25) is 0 Å². The number of rotatable bonds is 4. The van der Waals surface area contributed by atoms with Crippen molar-refractivity contribution in [3.8, 4) is 11.4 Å². The molecule has 0 aliphatic heterocycles. The van der Waals surface area contributed by atoms with Gasteiger partial charge in [0, 0.05) is 28.1 Å². The van der Waals surface area contributed by atoms with Crippen LogP contribution in [0.4, 0.5) is 0 Å². The fourth-order valence-corrected chi connectivity index (χ4v) is 3.48. The summed E-state index contributed by atoms with van der Waals surface area (Å²) in [7, 11) is 0. The molecule has 1 N–H and O–H groups in total. The van der Waals surface area contributed by atoms with E-state index in [0.717, 1.165) is 32.1 Å².